The number of benzene rings is 1. The highest BCUT2D eigenvalue weighted by Gasteiger charge is 2.15. The molecule has 0 fully saturated rings. The molecule has 118 valence electrons. The van der Waals surface area contributed by atoms with E-state index < -0.39 is 15.9 Å². The molecule has 0 aliphatic heterocycles. The first-order chi connectivity index (χ1) is 10.2. The van der Waals surface area contributed by atoms with Crippen LogP contribution in [-0.2, 0) is 9.84 Å². The zero-order chi connectivity index (χ0) is 16.3. The highest BCUT2D eigenvalue weighted by Crippen LogP contribution is 2.14. The predicted molar refractivity (Wildman–Crippen MR) is 85.2 cm³/mol. The lowest BCUT2D eigenvalue weighted by atomic mass is 10.3. The SMILES string of the molecule is CC(CS(C)(=O)=O)NC(=O)c1cnn(-c2cccc(Cl)c2)c1. The standard InChI is InChI=1S/C14H16ClN3O3S/c1-10(9-22(2,20)21)17-14(19)11-7-16-18(8-11)13-5-3-4-12(15)6-13/h3-8,10H,9H2,1-2H3,(H,17,19). The smallest absolute Gasteiger partial charge is 0.254 e. The number of halogens is 1. The third-order valence-electron chi connectivity index (χ3n) is 2.85. The summed E-state index contributed by atoms with van der Waals surface area (Å²) in [5, 5.41) is 7.31. The molecule has 1 atom stereocenters. The normalized spacial score (nSPS) is 12.9. The third-order valence-corrected chi connectivity index (χ3v) is 4.19. The first kappa shape index (κ1) is 16.5. The van der Waals surface area contributed by atoms with E-state index in [0.29, 0.717) is 10.6 Å². The van der Waals surface area contributed by atoms with Crippen LogP contribution in [0.3, 0.4) is 0 Å². The molecule has 2 aromatic rings. The summed E-state index contributed by atoms with van der Waals surface area (Å²) in [6, 6.07) is 6.59. The number of sulfone groups is 1. The van der Waals surface area contributed by atoms with Crippen LogP contribution in [0.25, 0.3) is 5.69 Å². The Bertz CT molecular complexity index is 786. The van der Waals surface area contributed by atoms with E-state index in [4.69, 9.17) is 11.6 Å². The van der Waals surface area contributed by atoms with Crippen molar-refractivity contribution in [1.29, 1.82) is 0 Å². The van der Waals surface area contributed by atoms with Crippen LogP contribution >= 0.6 is 11.6 Å². The number of hydrogen-bond acceptors (Lipinski definition) is 4. The summed E-state index contributed by atoms with van der Waals surface area (Å²) in [6.07, 6.45) is 4.12. The van der Waals surface area contributed by atoms with Crippen LogP contribution in [0.5, 0.6) is 0 Å². The van der Waals surface area contributed by atoms with Crippen molar-refractivity contribution < 1.29 is 13.2 Å². The Morgan fingerprint density at radius 1 is 1.45 bits per heavy atom. The van der Waals surface area contributed by atoms with Gasteiger partial charge in [-0.15, -0.1) is 0 Å². The number of hydrogen-bond donors (Lipinski definition) is 1. The van der Waals surface area contributed by atoms with Gasteiger partial charge in [-0.1, -0.05) is 17.7 Å². The van der Waals surface area contributed by atoms with Crippen molar-refractivity contribution in [2.45, 2.75) is 13.0 Å². The third kappa shape index (κ3) is 4.57. The molecule has 8 heteroatoms. The molecule has 2 rings (SSSR count). The average molecular weight is 342 g/mol. The van der Waals surface area contributed by atoms with Crippen LogP contribution in [0.15, 0.2) is 36.7 Å². The van der Waals surface area contributed by atoms with E-state index in [1.165, 1.54) is 10.9 Å². The largest absolute Gasteiger partial charge is 0.348 e. The molecule has 1 unspecified atom stereocenters. The Morgan fingerprint density at radius 2 is 2.18 bits per heavy atom. The van der Waals surface area contributed by atoms with Crippen molar-refractivity contribution in [2.75, 3.05) is 12.0 Å². The van der Waals surface area contributed by atoms with E-state index >= 15 is 0 Å². The first-order valence-electron chi connectivity index (χ1n) is 6.54. The van der Waals surface area contributed by atoms with Crippen LogP contribution in [0, 0.1) is 0 Å². The Morgan fingerprint density at radius 3 is 2.82 bits per heavy atom. The topological polar surface area (TPSA) is 81.1 Å². The van der Waals surface area contributed by atoms with Gasteiger partial charge < -0.3 is 5.32 Å². The Kier molecular flexibility index (Phi) is 4.87. The molecule has 0 radical (unpaired) electrons. The van der Waals surface area contributed by atoms with Gasteiger partial charge in [0.15, 0.2) is 0 Å². The molecule has 0 spiro atoms. The van der Waals surface area contributed by atoms with Crippen molar-refractivity contribution >= 4 is 27.3 Å². The average Bonchev–Trinajstić information content (AvgIpc) is 2.85. The fourth-order valence-electron chi connectivity index (χ4n) is 2.00. The van der Waals surface area contributed by atoms with Gasteiger partial charge in [-0.25, -0.2) is 13.1 Å². The van der Waals surface area contributed by atoms with Crippen molar-refractivity contribution in [3.8, 4) is 5.69 Å². The Balaban J connectivity index is 2.09. The second-order valence-electron chi connectivity index (χ2n) is 5.12. The zero-order valence-electron chi connectivity index (χ0n) is 12.2. The van der Waals surface area contributed by atoms with Crippen LogP contribution in [0.2, 0.25) is 5.02 Å². The van der Waals surface area contributed by atoms with Gasteiger partial charge in [-0.05, 0) is 25.1 Å². The van der Waals surface area contributed by atoms with Gasteiger partial charge >= 0.3 is 0 Å². The van der Waals surface area contributed by atoms with Crippen LogP contribution in [0.4, 0.5) is 0 Å². The first-order valence-corrected chi connectivity index (χ1v) is 8.97. The molecular formula is C14H16ClN3O3S. The number of nitrogens with zero attached hydrogens (tertiary/aromatic N) is 2. The quantitative estimate of drug-likeness (QED) is 0.897. The molecule has 0 saturated carbocycles. The van der Waals surface area contributed by atoms with Crippen molar-refractivity contribution in [3.63, 3.8) is 0 Å². The van der Waals surface area contributed by atoms with E-state index in [1.54, 1.807) is 31.3 Å². The van der Waals surface area contributed by atoms with Crippen LogP contribution in [-0.4, -0.2) is 42.2 Å². The second-order valence-corrected chi connectivity index (χ2v) is 7.74. The number of carbonyl (C=O) groups excluding carboxylic acids is 1. The summed E-state index contributed by atoms with van der Waals surface area (Å²) in [7, 11) is -3.14. The number of nitrogens with one attached hydrogen (secondary N) is 1. The maximum atomic E-state index is 12.1. The van der Waals surface area contributed by atoms with E-state index in [-0.39, 0.29) is 11.7 Å². The molecule has 0 saturated heterocycles. The van der Waals surface area contributed by atoms with E-state index in [0.717, 1.165) is 11.9 Å². The van der Waals surface area contributed by atoms with E-state index in [2.05, 4.69) is 10.4 Å². The molecular weight excluding hydrogens is 326 g/mol. The molecule has 1 amide bonds. The molecule has 0 aliphatic carbocycles. The van der Waals surface area contributed by atoms with Gasteiger partial charge in [0.1, 0.15) is 9.84 Å². The summed E-state index contributed by atoms with van der Waals surface area (Å²) in [5.74, 6) is -0.481. The van der Waals surface area contributed by atoms with Crippen molar-refractivity contribution in [3.05, 3.63) is 47.2 Å². The fourth-order valence-corrected chi connectivity index (χ4v) is 3.18. The lowest BCUT2D eigenvalue weighted by Gasteiger charge is -2.11. The van der Waals surface area contributed by atoms with E-state index in [1.807, 2.05) is 6.07 Å². The second kappa shape index (κ2) is 6.50. The minimum atomic E-state index is -3.14. The lowest BCUT2D eigenvalue weighted by molar-refractivity contribution is 0.0943. The summed E-state index contributed by atoms with van der Waals surface area (Å²) < 4.78 is 23.9. The molecule has 1 aromatic heterocycles. The summed E-state index contributed by atoms with van der Waals surface area (Å²) in [6.45, 7) is 1.64. The van der Waals surface area contributed by atoms with Gasteiger partial charge in [-0.3, -0.25) is 4.79 Å². The molecule has 6 nitrogen and oxygen atoms in total. The summed E-state index contributed by atoms with van der Waals surface area (Å²) >= 11 is 5.92. The molecule has 0 bridgehead atoms. The Hall–Kier alpha value is -1.86. The van der Waals surface area contributed by atoms with Gasteiger partial charge in [0.2, 0.25) is 0 Å². The monoisotopic (exact) mass is 341 g/mol. The summed E-state index contributed by atoms with van der Waals surface area (Å²) in [5.41, 5.74) is 1.08. The minimum absolute atomic E-state index is 0.110. The van der Waals surface area contributed by atoms with Gasteiger partial charge in [-0.2, -0.15) is 5.10 Å². The molecule has 1 aromatic carbocycles. The molecule has 22 heavy (non-hydrogen) atoms. The van der Waals surface area contributed by atoms with Crippen molar-refractivity contribution in [2.24, 2.45) is 0 Å². The highest BCUT2D eigenvalue weighted by molar-refractivity contribution is 7.90. The molecule has 1 N–H and O–H groups in total. The van der Waals surface area contributed by atoms with Gasteiger partial charge in [0, 0.05) is 23.5 Å². The maximum absolute atomic E-state index is 12.1. The van der Waals surface area contributed by atoms with Gasteiger partial charge in [0.05, 0.1) is 23.2 Å². The summed E-state index contributed by atoms with van der Waals surface area (Å²) in [4.78, 5) is 12.1. The van der Waals surface area contributed by atoms with Crippen LogP contribution in [0.1, 0.15) is 17.3 Å². The Labute approximate surface area is 134 Å². The molecule has 0 aliphatic rings. The number of carbonyl (C=O) groups is 1. The van der Waals surface area contributed by atoms with Gasteiger partial charge in [0.25, 0.3) is 5.91 Å². The van der Waals surface area contributed by atoms with Crippen LogP contribution < -0.4 is 5.32 Å². The highest BCUT2D eigenvalue weighted by atomic mass is 35.5. The molecule has 1 heterocycles. The minimum Gasteiger partial charge on any atom is -0.348 e. The zero-order valence-corrected chi connectivity index (χ0v) is 13.7. The maximum Gasteiger partial charge on any atom is 0.254 e. The van der Waals surface area contributed by atoms with Crippen molar-refractivity contribution in [1.82, 2.24) is 15.1 Å². The fraction of sp³-hybridized carbons (Fsp3) is 0.286. The lowest BCUT2D eigenvalue weighted by Crippen LogP contribution is -2.37. The van der Waals surface area contributed by atoms with E-state index in [9.17, 15) is 13.2 Å². The predicted octanol–water partition coefficient (Wildman–Crippen LogP) is 1.69. The number of rotatable bonds is 5. The number of aromatic nitrogens is 2. The number of amides is 1.